The predicted molar refractivity (Wildman–Crippen MR) is 113 cm³/mol. The van der Waals surface area contributed by atoms with Crippen LogP contribution in [0.3, 0.4) is 0 Å². The molecule has 6 heteroatoms. The molecule has 0 spiro atoms. The Labute approximate surface area is 176 Å². The molecule has 1 aliphatic carbocycles. The molecular formula is C24H26N2O4. The molecule has 0 bridgehead atoms. The van der Waals surface area contributed by atoms with E-state index in [4.69, 9.17) is 4.74 Å². The number of anilines is 1. The van der Waals surface area contributed by atoms with Gasteiger partial charge in [0, 0.05) is 12.5 Å². The van der Waals surface area contributed by atoms with Gasteiger partial charge in [-0.1, -0.05) is 29.8 Å². The fourth-order valence-corrected chi connectivity index (χ4v) is 3.79. The molecular weight excluding hydrogens is 380 g/mol. The van der Waals surface area contributed by atoms with Gasteiger partial charge >= 0.3 is 0 Å². The zero-order valence-corrected chi connectivity index (χ0v) is 17.3. The monoisotopic (exact) mass is 406 g/mol. The zero-order valence-electron chi connectivity index (χ0n) is 17.3. The van der Waals surface area contributed by atoms with Crippen molar-refractivity contribution in [2.75, 3.05) is 11.5 Å². The van der Waals surface area contributed by atoms with Gasteiger partial charge in [-0.2, -0.15) is 0 Å². The Bertz CT molecular complexity index is 948. The summed E-state index contributed by atoms with van der Waals surface area (Å²) in [7, 11) is 0. The fraction of sp³-hybridized carbons (Fsp3) is 0.375. The summed E-state index contributed by atoms with van der Waals surface area (Å²) in [5, 5.41) is 0. The summed E-state index contributed by atoms with van der Waals surface area (Å²) in [6, 6.07) is 14.0. The second-order valence-corrected chi connectivity index (χ2v) is 7.94. The van der Waals surface area contributed by atoms with Gasteiger partial charge in [0.05, 0.1) is 18.7 Å². The van der Waals surface area contributed by atoms with E-state index in [-0.39, 0.29) is 30.1 Å². The minimum absolute atomic E-state index is 0.0103. The van der Waals surface area contributed by atoms with Crippen molar-refractivity contribution in [1.82, 2.24) is 4.90 Å². The van der Waals surface area contributed by atoms with Crippen LogP contribution >= 0.6 is 0 Å². The first-order valence-corrected chi connectivity index (χ1v) is 10.4. The minimum atomic E-state index is -0.765. The topological polar surface area (TPSA) is 66.9 Å². The van der Waals surface area contributed by atoms with E-state index in [9.17, 15) is 14.4 Å². The SMILES string of the molecule is CCOc1ccc(N2C(=O)CC(N(Cc3ccc(C)cc3)C(=O)C3CC3)C2=O)cc1. The average Bonchev–Trinajstić information content (AvgIpc) is 3.54. The van der Waals surface area contributed by atoms with Crippen LogP contribution in [-0.2, 0) is 20.9 Å². The lowest BCUT2D eigenvalue weighted by molar-refractivity contribution is -0.140. The zero-order chi connectivity index (χ0) is 21.3. The van der Waals surface area contributed by atoms with Crippen molar-refractivity contribution in [3.8, 4) is 5.75 Å². The maximum Gasteiger partial charge on any atom is 0.257 e. The summed E-state index contributed by atoms with van der Waals surface area (Å²) in [5.41, 5.74) is 2.59. The Kier molecular flexibility index (Phi) is 5.57. The van der Waals surface area contributed by atoms with Gasteiger partial charge in [0.1, 0.15) is 11.8 Å². The van der Waals surface area contributed by atoms with E-state index >= 15 is 0 Å². The molecule has 1 aliphatic heterocycles. The van der Waals surface area contributed by atoms with E-state index in [1.807, 2.05) is 38.1 Å². The third-order valence-corrected chi connectivity index (χ3v) is 5.59. The van der Waals surface area contributed by atoms with Crippen LogP contribution in [0, 0.1) is 12.8 Å². The third-order valence-electron chi connectivity index (χ3n) is 5.59. The van der Waals surface area contributed by atoms with Crippen molar-refractivity contribution < 1.29 is 19.1 Å². The first kappa shape index (κ1) is 20.1. The Morgan fingerprint density at radius 1 is 1.07 bits per heavy atom. The van der Waals surface area contributed by atoms with Crippen molar-refractivity contribution in [3.05, 3.63) is 59.7 Å². The van der Waals surface area contributed by atoms with Gasteiger partial charge in [0.2, 0.25) is 11.8 Å². The molecule has 30 heavy (non-hydrogen) atoms. The molecule has 1 unspecified atom stereocenters. The van der Waals surface area contributed by atoms with Crippen molar-refractivity contribution in [3.63, 3.8) is 0 Å². The normalized spacial score (nSPS) is 18.6. The number of amides is 3. The van der Waals surface area contributed by atoms with Crippen molar-refractivity contribution in [2.45, 2.75) is 45.7 Å². The van der Waals surface area contributed by atoms with E-state index in [2.05, 4.69) is 0 Å². The molecule has 1 saturated heterocycles. The highest BCUT2D eigenvalue weighted by Gasteiger charge is 2.46. The van der Waals surface area contributed by atoms with Crippen LogP contribution in [0.2, 0.25) is 0 Å². The van der Waals surface area contributed by atoms with Crippen LogP contribution < -0.4 is 9.64 Å². The molecule has 2 aliphatic rings. The molecule has 3 amide bonds. The van der Waals surface area contributed by atoms with Gasteiger partial charge in [-0.3, -0.25) is 14.4 Å². The Balaban J connectivity index is 1.58. The van der Waals surface area contributed by atoms with Crippen LogP contribution in [0.5, 0.6) is 5.75 Å². The molecule has 0 N–H and O–H groups in total. The molecule has 2 aromatic rings. The molecule has 2 aromatic carbocycles. The Hall–Kier alpha value is -3.15. The van der Waals surface area contributed by atoms with Crippen molar-refractivity contribution in [2.24, 2.45) is 5.92 Å². The maximum absolute atomic E-state index is 13.2. The second kappa shape index (κ2) is 8.30. The lowest BCUT2D eigenvalue weighted by atomic mass is 10.1. The van der Waals surface area contributed by atoms with Gasteiger partial charge in [0.15, 0.2) is 0 Å². The van der Waals surface area contributed by atoms with Gasteiger partial charge in [-0.05, 0) is 56.5 Å². The highest BCUT2D eigenvalue weighted by atomic mass is 16.5. The molecule has 0 aromatic heterocycles. The summed E-state index contributed by atoms with van der Waals surface area (Å²) in [4.78, 5) is 41.8. The summed E-state index contributed by atoms with van der Waals surface area (Å²) >= 11 is 0. The standard InChI is InChI=1S/C24H26N2O4/c1-3-30-20-12-10-19(11-13-20)26-22(27)14-21(24(26)29)25(23(28)18-8-9-18)15-17-6-4-16(2)5-7-17/h4-7,10-13,18,21H,3,8-9,14-15H2,1-2H3. The number of hydrogen-bond donors (Lipinski definition) is 0. The number of ether oxygens (including phenoxy) is 1. The van der Waals surface area contributed by atoms with E-state index in [0.717, 1.165) is 24.0 Å². The number of carbonyl (C=O) groups is 3. The minimum Gasteiger partial charge on any atom is -0.494 e. The first-order valence-electron chi connectivity index (χ1n) is 10.4. The van der Waals surface area contributed by atoms with Gasteiger partial charge in [0.25, 0.3) is 5.91 Å². The van der Waals surface area contributed by atoms with E-state index in [1.165, 1.54) is 4.90 Å². The van der Waals surface area contributed by atoms with Crippen LogP contribution in [0.1, 0.15) is 37.3 Å². The Morgan fingerprint density at radius 3 is 2.33 bits per heavy atom. The summed E-state index contributed by atoms with van der Waals surface area (Å²) in [6.07, 6.45) is 1.71. The molecule has 1 atom stereocenters. The highest BCUT2D eigenvalue weighted by Crippen LogP contribution is 2.35. The van der Waals surface area contributed by atoms with Crippen molar-refractivity contribution >= 4 is 23.4 Å². The van der Waals surface area contributed by atoms with Gasteiger partial charge < -0.3 is 9.64 Å². The summed E-state index contributed by atoms with van der Waals surface area (Å²) in [5.74, 6) is -0.00752. The van der Waals surface area contributed by atoms with E-state index < -0.39 is 6.04 Å². The molecule has 2 fully saturated rings. The molecule has 6 nitrogen and oxygen atoms in total. The van der Waals surface area contributed by atoms with Crippen LogP contribution in [-0.4, -0.2) is 35.3 Å². The van der Waals surface area contributed by atoms with Crippen LogP contribution in [0.15, 0.2) is 48.5 Å². The van der Waals surface area contributed by atoms with Gasteiger partial charge in [-0.25, -0.2) is 4.90 Å². The summed E-state index contributed by atoms with van der Waals surface area (Å²) < 4.78 is 5.43. The number of imide groups is 1. The predicted octanol–water partition coefficient (Wildman–Crippen LogP) is 3.46. The lowest BCUT2D eigenvalue weighted by Gasteiger charge is -2.28. The fourth-order valence-electron chi connectivity index (χ4n) is 3.79. The molecule has 156 valence electrons. The second-order valence-electron chi connectivity index (χ2n) is 7.94. The highest BCUT2D eigenvalue weighted by molar-refractivity contribution is 6.23. The quantitative estimate of drug-likeness (QED) is 0.661. The molecule has 0 radical (unpaired) electrons. The maximum atomic E-state index is 13.2. The van der Waals surface area contributed by atoms with Crippen LogP contribution in [0.4, 0.5) is 5.69 Å². The third kappa shape index (κ3) is 4.08. The average molecular weight is 406 g/mol. The number of rotatable bonds is 7. The number of benzene rings is 2. The molecule has 4 rings (SSSR count). The number of hydrogen-bond acceptors (Lipinski definition) is 4. The van der Waals surface area contributed by atoms with Crippen molar-refractivity contribution in [1.29, 1.82) is 0 Å². The lowest BCUT2D eigenvalue weighted by Crippen LogP contribution is -2.45. The van der Waals surface area contributed by atoms with E-state index in [0.29, 0.717) is 24.6 Å². The number of nitrogens with zero attached hydrogens (tertiary/aromatic N) is 2. The molecule has 1 heterocycles. The van der Waals surface area contributed by atoms with Crippen LogP contribution in [0.25, 0.3) is 0 Å². The number of aryl methyl sites for hydroxylation is 1. The number of carbonyl (C=O) groups excluding carboxylic acids is 3. The van der Waals surface area contributed by atoms with Gasteiger partial charge in [-0.15, -0.1) is 0 Å². The smallest absolute Gasteiger partial charge is 0.257 e. The summed E-state index contributed by atoms with van der Waals surface area (Å²) in [6.45, 7) is 4.77. The largest absolute Gasteiger partial charge is 0.494 e. The molecule has 1 saturated carbocycles. The first-order chi connectivity index (χ1) is 14.5. The Morgan fingerprint density at radius 2 is 1.73 bits per heavy atom. The van der Waals surface area contributed by atoms with E-state index in [1.54, 1.807) is 29.2 Å².